The van der Waals surface area contributed by atoms with Crippen molar-refractivity contribution in [3.8, 4) is 0 Å². The molecular weight excluding hydrogens is 220 g/mol. The highest BCUT2D eigenvalue weighted by atomic mass is 16.4. The lowest BCUT2D eigenvalue weighted by Crippen LogP contribution is -2.35. The predicted octanol–water partition coefficient (Wildman–Crippen LogP) is 1.24. The van der Waals surface area contributed by atoms with Crippen molar-refractivity contribution in [2.75, 3.05) is 12.4 Å². The summed E-state index contributed by atoms with van der Waals surface area (Å²) in [6.45, 7) is 3.50. The van der Waals surface area contributed by atoms with Crippen molar-refractivity contribution in [2.45, 2.75) is 19.9 Å². The summed E-state index contributed by atoms with van der Waals surface area (Å²) >= 11 is 0. The molecule has 0 aliphatic heterocycles. The van der Waals surface area contributed by atoms with Crippen LogP contribution in [0, 0.1) is 6.92 Å². The number of nitrogens with one attached hydrogen (secondary N) is 2. The van der Waals surface area contributed by atoms with Gasteiger partial charge in [-0.05, 0) is 33.0 Å². The van der Waals surface area contributed by atoms with Gasteiger partial charge in [0, 0.05) is 0 Å². The summed E-state index contributed by atoms with van der Waals surface area (Å²) in [5, 5.41) is 14.4. The number of hydrogen-bond donors (Lipinski definition) is 3. The first-order valence-electron chi connectivity index (χ1n) is 5.27. The highest BCUT2D eigenvalue weighted by Crippen LogP contribution is 2.17. The van der Waals surface area contributed by atoms with Gasteiger partial charge in [-0.25, -0.2) is 4.79 Å². The van der Waals surface area contributed by atoms with E-state index in [1.165, 1.54) is 6.07 Å². The maximum absolute atomic E-state index is 11.6. The highest BCUT2D eigenvalue weighted by Gasteiger charge is 2.15. The Balaban J connectivity index is 2.98. The van der Waals surface area contributed by atoms with Gasteiger partial charge >= 0.3 is 5.97 Å². The first-order valence-corrected chi connectivity index (χ1v) is 5.27. The van der Waals surface area contributed by atoms with Crippen LogP contribution >= 0.6 is 0 Å². The Bertz CT molecular complexity index is 443. The molecule has 1 amide bonds. The number of aryl methyl sites for hydroxylation is 1. The normalized spacial score (nSPS) is 11.9. The van der Waals surface area contributed by atoms with Crippen molar-refractivity contribution in [1.29, 1.82) is 0 Å². The number of amides is 1. The van der Waals surface area contributed by atoms with E-state index in [0.29, 0.717) is 5.69 Å². The molecule has 1 aromatic rings. The van der Waals surface area contributed by atoms with Crippen molar-refractivity contribution in [2.24, 2.45) is 0 Å². The standard InChI is InChI=1S/C12H16N2O3/c1-7-4-5-10(9(6-7)12(16)17)14-11(15)8(2)13-3/h4-6,8,13H,1-3H3,(H,14,15)(H,16,17). The van der Waals surface area contributed by atoms with Gasteiger partial charge < -0.3 is 15.7 Å². The maximum Gasteiger partial charge on any atom is 0.337 e. The number of carboxylic acids is 1. The quantitative estimate of drug-likeness (QED) is 0.735. The zero-order chi connectivity index (χ0) is 13.0. The molecule has 1 rings (SSSR count). The van der Waals surface area contributed by atoms with Crippen LogP contribution in [0.2, 0.25) is 0 Å². The number of carboxylic acid groups (broad SMARTS) is 1. The van der Waals surface area contributed by atoms with Gasteiger partial charge in [0.05, 0.1) is 17.3 Å². The van der Waals surface area contributed by atoms with E-state index in [2.05, 4.69) is 10.6 Å². The molecule has 0 bridgehead atoms. The van der Waals surface area contributed by atoms with Gasteiger partial charge in [-0.1, -0.05) is 11.6 Å². The summed E-state index contributed by atoms with van der Waals surface area (Å²) in [6, 6.07) is 4.51. The third-order valence-corrected chi connectivity index (χ3v) is 2.49. The van der Waals surface area contributed by atoms with E-state index in [0.717, 1.165) is 5.56 Å². The molecule has 1 unspecified atom stereocenters. The molecule has 92 valence electrons. The molecule has 1 aromatic carbocycles. The average Bonchev–Trinajstić information content (AvgIpc) is 2.29. The van der Waals surface area contributed by atoms with Crippen LogP contribution in [-0.2, 0) is 4.79 Å². The summed E-state index contributed by atoms with van der Waals surface area (Å²) in [5.41, 5.74) is 1.25. The fraction of sp³-hybridized carbons (Fsp3) is 0.333. The molecule has 3 N–H and O–H groups in total. The van der Waals surface area contributed by atoms with Crippen molar-refractivity contribution >= 4 is 17.6 Å². The van der Waals surface area contributed by atoms with Crippen LogP contribution < -0.4 is 10.6 Å². The maximum atomic E-state index is 11.6. The van der Waals surface area contributed by atoms with Crippen LogP contribution in [0.5, 0.6) is 0 Å². The number of benzene rings is 1. The number of hydrogen-bond acceptors (Lipinski definition) is 3. The Morgan fingerprint density at radius 2 is 2.00 bits per heavy atom. The van der Waals surface area contributed by atoms with Gasteiger partial charge in [0.25, 0.3) is 0 Å². The number of carbonyl (C=O) groups excluding carboxylic acids is 1. The Kier molecular flexibility index (Phi) is 4.23. The second-order valence-corrected chi connectivity index (χ2v) is 3.85. The Morgan fingerprint density at radius 3 is 2.53 bits per heavy atom. The second-order valence-electron chi connectivity index (χ2n) is 3.85. The SMILES string of the molecule is CNC(C)C(=O)Nc1ccc(C)cc1C(=O)O. The van der Waals surface area contributed by atoms with E-state index in [1.807, 2.05) is 0 Å². The molecule has 5 heteroatoms. The number of anilines is 1. The summed E-state index contributed by atoms with van der Waals surface area (Å²) in [4.78, 5) is 22.7. The Morgan fingerprint density at radius 1 is 1.35 bits per heavy atom. The average molecular weight is 236 g/mol. The molecule has 0 saturated carbocycles. The van der Waals surface area contributed by atoms with E-state index in [-0.39, 0.29) is 17.5 Å². The predicted molar refractivity (Wildman–Crippen MR) is 65.3 cm³/mol. The highest BCUT2D eigenvalue weighted by molar-refractivity contribution is 6.02. The molecule has 0 fully saturated rings. The van der Waals surface area contributed by atoms with Gasteiger partial charge in [-0.15, -0.1) is 0 Å². The molecule has 0 aromatic heterocycles. The first kappa shape index (κ1) is 13.2. The van der Waals surface area contributed by atoms with Crippen LogP contribution in [0.4, 0.5) is 5.69 Å². The number of aromatic carboxylic acids is 1. The third-order valence-electron chi connectivity index (χ3n) is 2.49. The van der Waals surface area contributed by atoms with Gasteiger partial charge in [0.2, 0.25) is 5.91 Å². The fourth-order valence-corrected chi connectivity index (χ4v) is 1.32. The number of rotatable bonds is 4. The van der Waals surface area contributed by atoms with Gasteiger partial charge in [0.15, 0.2) is 0 Å². The van der Waals surface area contributed by atoms with Crippen LogP contribution in [-0.4, -0.2) is 30.1 Å². The second kappa shape index (κ2) is 5.45. The first-order chi connectivity index (χ1) is 7.95. The smallest absolute Gasteiger partial charge is 0.337 e. The molecular formula is C12H16N2O3. The molecule has 0 spiro atoms. The molecule has 0 aliphatic carbocycles. The van der Waals surface area contributed by atoms with Crippen LogP contribution in [0.1, 0.15) is 22.8 Å². The molecule has 0 radical (unpaired) electrons. The lowest BCUT2D eigenvalue weighted by Gasteiger charge is -2.13. The minimum atomic E-state index is -1.05. The van der Waals surface area contributed by atoms with Crippen molar-refractivity contribution in [3.63, 3.8) is 0 Å². The van der Waals surface area contributed by atoms with E-state index < -0.39 is 5.97 Å². The van der Waals surface area contributed by atoms with Gasteiger partial charge in [-0.3, -0.25) is 4.79 Å². The number of likely N-dealkylation sites (N-methyl/N-ethyl adjacent to an activating group) is 1. The molecule has 5 nitrogen and oxygen atoms in total. The molecule has 0 aliphatic rings. The Hall–Kier alpha value is -1.88. The molecule has 1 atom stereocenters. The van der Waals surface area contributed by atoms with Crippen LogP contribution in [0.3, 0.4) is 0 Å². The summed E-state index contributed by atoms with van der Waals surface area (Å²) in [5.74, 6) is -1.32. The van der Waals surface area contributed by atoms with E-state index in [4.69, 9.17) is 5.11 Å². The van der Waals surface area contributed by atoms with E-state index in [1.54, 1.807) is 33.0 Å². The molecule has 0 saturated heterocycles. The molecule has 17 heavy (non-hydrogen) atoms. The van der Waals surface area contributed by atoms with Crippen molar-refractivity contribution in [1.82, 2.24) is 5.32 Å². The van der Waals surface area contributed by atoms with Gasteiger partial charge in [-0.2, -0.15) is 0 Å². The summed E-state index contributed by atoms with van der Waals surface area (Å²) in [7, 11) is 1.66. The minimum Gasteiger partial charge on any atom is -0.478 e. The van der Waals surface area contributed by atoms with Crippen LogP contribution in [0.15, 0.2) is 18.2 Å². The topological polar surface area (TPSA) is 78.4 Å². The van der Waals surface area contributed by atoms with Crippen molar-refractivity contribution < 1.29 is 14.7 Å². The zero-order valence-corrected chi connectivity index (χ0v) is 10.1. The third kappa shape index (κ3) is 3.29. The minimum absolute atomic E-state index is 0.0988. The summed E-state index contributed by atoms with van der Waals surface area (Å²) < 4.78 is 0. The van der Waals surface area contributed by atoms with E-state index in [9.17, 15) is 9.59 Å². The fourth-order valence-electron chi connectivity index (χ4n) is 1.32. The molecule has 0 heterocycles. The Labute approximate surface area is 99.8 Å². The van der Waals surface area contributed by atoms with Crippen LogP contribution in [0.25, 0.3) is 0 Å². The zero-order valence-electron chi connectivity index (χ0n) is 10.1. The lowest BCUT2D eigenvalue weighted by molar-refractivity contribution is -0.117. The van der Waals surface area contributed by atoms with Crippen molar-refractivity contribution in [3.05, 3.63) is 29.3 Å². The number of carbonyl (C=O) groups is 2. The summed E-state index contributed by atoms with van der Waals surface area (Å²) in [6.07, 6.45) is 0. The lowest BCUT2D eigenvalue weighted by atomic mass is 10.1. The monoisotopic (exact) mass is 236 g/mol. The van der Waals surface area contributed by atoms with Gasteiger partial charge in [0.1, 0.15) is 0 Å². The largest absolute Gasteiger partial charge is 0.478 e. The van der Waals surface area contributed by atoms with E-state index >= 15 is 0 Å².